The minimum atomic E-state index is 0.227. The van der Waals surface area contributed by atoms with Crippen LogP contribution in [0.1, 0.15) is 36.2 Å². The monoisotopic (exact) mass is 285 g/mol. The van der Waals surface area contributed by atoms with Gasteiger partial charge in [0.1, 0.15) is 10.8 Å². The SMILES string of the molecule is CCC(Nc1cc(C(N)=S)cc(C)n1)c1ccccc1. The number of pyridine rings is 1. The molecule has 0 saturated heterocycles. The second-order valence-corrected chi connectivity index (χ2v) is 5.20. The molecule has 0 aliphatic rings. The quantitative estimate of drug-likeness (QED) is 0.824. The first-order valence-corrected chi connectivity index (χ1v) is 7.11. The third-order valence-corrected chi connectivity index (χ3v) is 3.41. The van der Waals surface area contributed by atoms with E-state index in [2.05, 4.69) is 29.4 Å². The number of nitrogens with zero attached hydrogens (tertiary/aromatic N) is 1. The first-order valence-electron chi connectivity index (χ1n) is 6.70. The number of aromatic nitrogens is 1. The first kappa shape index (κ1) is 14.5. The van der Waals surface area contributed by atoms with Crippen LogP contribution in [-0.2, 0) is 0 Å². The molecule has 0 saturated carbocycles. The zero-order valence-electron chi connectivity index (χ0n) is 11.8. The lowest BCUT2D eigenvalue weighted by Crippen LogP contribution is -2.14. The molecule has 0 bridgehead atoms. The highest BCUT2D eigenvalue weighted by Crippen LogP contribution is 2.22. The Kier molecular flexibility index (Phi) is 4.69. The first-order chi connectivity index (χ1) is 9.60. The smallest absolute Gasteiger partial charge is 0.127 e. The second-order valence-electron chi connectivity index (χ2n) is 4.76. The van der Waals surface area contributed by atoms with Gasteiger partial charge in [0.15, 0.2) is 0 Å². The highest BCUT2D eigenvalue weighted by molar-refractivity contribution is 7.80. The highest BCUT2D eigenvalue weighted by Gasteiger charge is 2.10. The summed E-state index contributed by atoms with van der Waals surface area (Å²) in [4.78, 5) is 4.90. The Morgan fingerprint density at radius 2 is 2.00 bits per heavy atom. The molecular weight excluding hydrogens is 266 g/mol. The van der Waals surface area contributed by atoms with E-state index in [1.165, 1.54) is 5.56 Å². The maximum Gasteiger partial charge on any atom is 0.127 e. The van der Waals surface area contributed by atoms with Gasteiger partial charge in [0.2, 0.25) is 0 Å². The summed E-state index contributed by atoms with van der Waals surface area (Å²) >= 11 is 5.04. The Morgan fingerprint density at radius 3 is 2.60 bits per heavy atom. The van der Waals surface area contributed by atoms with Crippen LogP contribution in [0, 0.1) is 6.92 Å². The molecule has 0 aliphatic carbocycles. The van der Waals surface area contributed by atoms with Gasteiger partial charge in [0, 0.05) is 11.3 Å². The van der Waals surface area contributed by atoms with Gasteiger partial charge in [-0.15, -0.1) is 0 Å². The lowest BCUT2D eigenvalue weighted by atomic mass is 10.0. The van der Waals surface area contributed by atoms with Gasteiger partial charge >= 0.3 is 0 Å². The van der Waals surface area contributed by atoms with E-state index in [1.807, 2.05) is 37.3 Å². The van der Waals surface area contributed by atoms with E-state index in [-0.39, 0.29) is 6.04 Å². The molecule has 20 heavy (non-hydrogen) atoms. The standard InChI is InChI=1S/C16H19N3S/c1-3-14(12-7-5-4-6-8-12)19-15-10-13(16(17)20)9-11(2)18-15/h4-10,14H,3H2,1-2H3,(H2,17,20)(H,18,19). The fourth-order valence-corrected chi connectivity index (χ4v) is 2.29. The van der Waals surface area contributed by atoms with E-state index < -0.39 is 0 Å². The van der Waals surface area contributed by atoms with Crippen molar-refractivity contribution in [1.29, 1.82) is 0 Å². The van der Waals surface area contributed by atoms with Crippen LogP contribution < -0.4 is 11.1 Å². The van der Waals surface area contributed by atoms with Crippen molar-refractivity contribution in [3.8, 4) is 0 Å². The topological polar surface area (TPSA) is 50.9 Å². The Morgan fingerprint density at radius 1 is 1.30 bits per heavy atom. The van der Waals surface area contributed by atoms with Gasteiger partial charge in [-0.1, -0.05) is 49.5 Å². The molecule has 104 valence electrons. The highest BCUT2D eigenvalue weighted by atomic mass is 32.1. The molecule has 0 radical (unpaired) electrons. The molecule has 0 spiro atoms. The zero-order valence-corrected chi connectivity index (χ0v) is 12.6. The molecule has 4 heteroatoms. The lowest BCUT2D eigenvalue weighted by molar-refractivity contribution is 0.744. The second kappa shape index (κ2) is 6.48. The molecule has 1 heterocycles. The van der Waals surface area contributed by atoms with Crippen molar-refractivity contribution in [3.63, 3.8) is 0 Å². The van der Waals surface area contributed by atoms with E-state index >= 15 is 0 Å². The average Bonchev–Trinajstić information content (AvgIpc) is 2.45. The van der Waals surface area contributed by atoms with Crippen LogP contribution in [-0.4, -0.2) is 9.97 Å². The van der Waals surface area contributed by atoms with E-state index in [0.717, 1.165) is 23.5 Å². The van der Waals surface area contributed by atoms with Gasteiger partial charge in [-0.2, -0.15) is 0 Å². The molecule has 3 nitrogen and oxygen atoms in total. The van der Waals surface area contributed by atoms with Crippen molar-refractivity contribution >= 4 is 23.0 Å². The Labute approximate surface area is 125 Å². The maximum absolute atomic E-state index is 5.70. The van der Waals surface area contributed by atoms with E-state index in [0.29, 0.717) is 4.99 Å². The zero-order chi connectivity index (χ0) is 14.5. The summed E-state index contributed by atoms with van der Waals surface area (Å²) in [5.74, 6) is 0.809. The minimum Gasteiger partial charge on any atom is -0.389 e. The van der Waals surface area contributed by atoms with Crippen LogP contribution in [0.25, 0.3) is 0 Å². The third kappa shape index (κ3) is 3.54. The largest absolute Gasteiger partial charge is 0.389 e. The minimum absolute atomic E-state index is 0.227. The molecule has 1 atom stereocenters. The molecule has 0 amide bonds. The van der Waals surface area contributed by atoms with Gasteiger partial charge < -0.3 is 11.1 Å². The predicted octanol–water partition coefficient (Wildman–Crippen LogP) is 3.59. The molecule has 0 fully saturated rings. The van der Waals surface area contributed by atoms with Crippen LogP contribution in [0.2, 0.25) is 0 Å². The fourth-order valence-electron chi connectivity index (χ4n) is 2.17. The normalized spacial score (nSPS) is 11.9. The summed E-state index contributed by atoms with van der Waals surface area (Å²) in [6, 6.07) is 14.4. The van der Waals surface area contributed by atoms with Gasteiger partial charge in [0.05, 0.1) is 6.04 Å². The van der Waals surface area contributed by atoms with Crippen molar-refractivity contribution in [2.24, 2.45) is 5.73 Å². The number of rotatable bonds is 5. The number of nitrogens with two attached hydrogens (primary N) is 1. The number of hydrogen-bond donors (Lipinski definition) is 2. The molecule has 3 N–H and O–H groups in total. The van der Waals surface area contributed by atoms with Gasteiger partial charge in [-0.25, -0.2) is 4.98 Å². The van der Waals surface area contributed by atoms with E-state index in [4.69, 9.17) is 18.0 Å². The molecule has 2 rings (SSSR count). The molecule has 1 unspecified atom stereocenters. The number of thiocarbonyl (C=S) groups is 1. The maximum atomic E-state index is 5.70. The summed E-state index contributed by atoms with van der Waals surface area (Å²) in [5, 5.41) is 3.45. The van der Waals surface area contributed by atoms with Gasteiger partial charge in [0.25, 0.3) is 0 Å². The number of nitrogens with one attached hydrogen (secondary N) is 1. The Balaban J connectivity index is 2.26. The molecule has 2 aromatic rings. The number of aryl methyl sites for hydroxylation is 1. The van der Waals surface area contributed by atoms with Crippen molar-refractivity contribution < 1.29 is 0 Å². The van der Waals surface area contributed by atoms with E-state index in [1.54, 1.807) is 0 Å². The third-order valence-electron chi connectivity index (χ3n) is 3.17. The van der Waals surface area contributed by atoms with E-state index in [9.17, 15) is 0 Å². The van der Waals surface area contributed by atoms with Crippen LogP contribution >= 0.6 is 12.2 Å². The van der Waals surface area contributed by atoms with Crippen molar-refractivity contribution in [3.05, 3.63) is 59.3 Å². The summed E-state index contributed by atoms with van der Waals surface area (Å²) < 4.78 is 0. The van der Waals surface area contributed by atoms with Crippen molar-refractivity contribution in [2.75, 3.05) is 5.32 Å². The van der Waals surface area contributed by atoms with Gasteiger partial charge in [-0.3, -0.25) is 0 Å². The molecular formula is C16H19N3S. The van der Waals surface area contributed by atoms with Gasteiger partial charge in [-0.05, 0) is 31.0 Å². The average molecular weight is 285 g/mol. The van der Waals surface area contributed by atoms with Crippen LogP contribution in [0.4, 0.5) is 5.82 Å². The fraction of sp³-hybridized carbons (Fsp3) is 0.250. The number of anilines is 1. The van der Waals surface area contributed by atoms with Crippen LogP contribution in [0.15, 0.2) is 42.5 Å². The summed E-state index contributed by atoms with van der Waals surface area (Å²) in [5.41, 5.74) is 8.70. The number of hydrogen-bond acceptors (Lipinski definition) is 3. The summed E-state index contributed by atoms with van der Waals surface area (Å²) in [6.45, 7) is 4.09. The van der Waals surface area contributed by atoms with Crippen LogP contribution in [0.3, 0.4) is 0 Å². The molecule has 0 aliphatic heterocycles. The summed E-state index contributed by atoms with van der Waals surface area (Å²) in [7, 11) is 0. The van der Waals surface area contributed by atoms with Crippen molar-refractivity contribution in [2.45, 2.75) is 26.3 Å². The molecule has 1 aromatic carbocycles. The Hall–Kier alpha value is -1.94. The predicted molar refractivity (Wildman–Crippen MR) is 88.0 cm³/mol. The Bertz CT molecular complexity index is 596. The number of benzene rings is 1. The molecule has 1 aromatic heterocycles. The summed E-state index contributed by atoms with van der Waals surface area (Å²) in [6.07, 6.45) is 0.974. The lowest BCUT2D eigenvalue weighted by Gasteiger charge is -2.19. The van der Waals surface area contributed by atoms with Crippen LogP contribution in [0.5, 0.6) is 0 Å². The van der Waals surface area contributed by atoms with Crippen molar-refractivity contribution in [1.82, 2.24) is 4.98 Å².